The average molecular weight is 1360 g/mol. The second kappa shape index (κ2) is 40.2. The Bertz CT molecular complexity index is 2920. The zero-order valence-corrected chi connectivity index (χ0v) is 60.1. The van der Waals surface area contributed by atoms with E-state index in [4.69, 9.17) is 19.9 Å². The summed E-state index contributed by atoms with van der Waals surface area (Å²) >= 11 is 1.23. The van der Waals surface area contributed by atoms with Gasteiger partial charge in [-0.25, -0.2) is 9.59 Å². The van der Waals surface area contributed by atoms with E-state index in [0.29, 0.717) is 73.1 Å². The van der Waals surface area contributed by atoms with Gasteiger partial charge in [-0.15, -0.1) is 11.8 Å². The van der Waals surface area contributed by atoms with Gasteiger partial charge in [0.1, 0.15) is 30.7 Å². The number of hydrogen-bond acceptors (Lipinski definition) is 17. The molecule has 0 radical (unpaired) electrons. The van der Waals surface area contributed by atoms with E-state index in [0.717, 1.165) is 0 Å². The topological polar surface area (TPSA) is 326 Å². The lowest BCUT2D eigenvalue weighted by Gasteiger charge is -2.41. The van der Waals surface area contributed by atoms with E-state index in [9.17, 15) is 58.2 Å². The van der Waals surface area contributed by atoms with Crippen LogP contribution in [0.2, 0.25) is 0 Å². The highest BCUT2D eigenvalue weighted by Crippen LogP contribution is 2.31. The van der Waals surface area contributed by atoms with Crippen molar-refractivity contribution >= 4 is 70.9 Å². The first-order chi connectivity index (χ1) is 45.4. The van der Waals surface area contributed by atoms with Crippen LogP contribution in [-0.2, 0) is 65.6 Å². The number of aliphatic hydroxyl groups is 2. The normalized spacial score (nSPS) is 17.9. The Morgan fingerprint density at radius 3 is 2.01 bits per heavy atom. The Morgan fingerprint density at radius 2 is 1.44 bits per heavy atom. The van der Waals surface area contributed by atoms with Crippen molar-refractivity contribution in [3.8, 4) is 0 Å². The number of urea groups is 1. The van der Waals surface area contributed by atoms with Gasteiger partial charge in [-0.3, -0.25) is 53.5 Å². The van der Waals surface area contributed by atoms with E-state index in [1.54, 1.807) is 87.2 Å². The zero-order chi connectivity index (χ0) is 71.7. The number of imide groups is 1. The number of carbonyl (C=O) groups is 10. The number of hydrogen-bond donors (Lipinski definition) is 7. The number of nitrogens with one attached hydrogen (secondary N) is 4. The number of aliphatic hydroxyl groups excluding tert-OH is 2. The smallest absolute Gasteiger partial charge is 0.410 e. The average Bonchev–Trinajstić information content (AvgIpc) is 1.42. The summed E-state index contributed by atoms with van der Waals surface area (Å²) in [6.45, 7) is 19.1. The fourth-order valence-electron chi connectivity index (χ4n) is 12.9. The van der Waals surface area contributed by atoms with Gasteiger partial charge in [0.2, 0.25) is 23.6 Å². The number of unbranched alkanes of at least 4 members (excludes halogenated alkanes) is 2. The fraction of sp³-hybridized carbons (Fsp3) is 0.662. The summed E-state index contributed by atoms with van der Waals surface area (Å²) in [5.41, 5.74) is 7.18. The number of Topliss-reactive ketones (excluding diaryl/α,β-unsaturated/α-hetero) is 2. The summed E-state index contributed by atoms with van der Waals surface area (Å²) in [6, 6.07) is 10.6. The molecule has 0 bridgehead atoms. The van der Waals surface area contributed by atoms with Gasteiger partial charge in [0.05, 0.1) is 59.7 Å². The molecule has 2 aliphatic heterocycles. The predicted molar refractivity (Wildman–Crippen MR) is 368 cm³/mol. The maximum Gasteiger partial charge on any atom is 0.410 e. The quantitative estimate of drug-likeness (QED) is 0.0204. The highest BCUT2D eigenvalue weighted by molar-refractivity contribution is 8.03. The van der Waals surface area contributed by atoms with Crippen molar-refractivity contribution in [3.63, 3.8) is 0 Å². The highest BCUT2D eigenvalue weighted by atomic mass is 32.2. The van der Waals surface area contributed by atoms with E-state index in [1.807, 2.05) is 59.7 Å². The molecule has 0 spiro atoms. The third-order valence-electron chi connectivity index (χ3n) is 18.8. The Hall–Kier alpha value is -6.77. The van der Waals surface area contributed by atoms with E-state index >= 15 is 0 Å². The van der Waals surface area contributed by atoms with E-state index in [2.05, 4.69) is 21.3 Å². The van der Waals surface area contributed by atoms with Crippen LogP contribution in [0.15, 0.2) is 65.6 Å². The molecule has 536 valence electrons. The van der Waals surface area contributed by atoms with Crippen LogP contribution in [0, 0.1) is 35.5 Å². The van der Waals surface area contributed by atoms with Gasteiger partial charge < -0.3 is 55.9 Å². The minimum Gasteiger partial charge on any atom is -0.445 e. The SMILES string of the molecule is CC[C@H](C)C([C@@H](CC(=O)N1CCC[C@H]1[C@H](OC)[C@@H](C)C(=O)N[C@H](C)[C@@H](O)c1ccccc1)OC)N(C)C(=O)[C@@H](NC(=O)[C@H](C(C)C)N(C)C(=O)OCc1ccc(CC(=O)[C@H](CCCNC(N)=O)NC(O)[C@@H](CC(=O)CCCCCN2C(=O)C=C(SC)C2=O)C(C)C)cc1)C(C)C. The van der Waals surface area contributed by atoms with Gasteiger partial charge in [-0.2, -0.15) is 0 Å². The van der Waals surface area contributed by atoms with E-state index in [-0.39, 0.29) is 98.8 Å². The molecule has 13 atom stereocenters. The Labute approximate surface area is 573 Å². The second-order valence-corrected chi connectivity index (χ2v) is 27.7. The maximum atomic E-state index is 14.8. The van der Waals surface area contributed by atoms with E-state index < -0.39 is 108 Å². The summed E-state index contributed by atoms with van der Waals surface area (Å²) in [6.07, 6.45) is 3.06. The summed E-state index contributed by atoms with van der Waals surface area (Å²) < 4.78 is 17.8. The first kappa shape index (κ1) is 81.7. The number of methoxy groups -OCH3 is 2. The number of likely N-dealkylation sites (N-methyl/N-ethyl adjacent to an activating group) is 2. The zero-order valence-electron chi connectivity index (χ0n) is 59.3. The van der Waals surface area contributed by atoms with Gasteiger partial charge in [-0.05, 0) is 92.1 Å². The van der Waals surface area contributed by atoms with Crippen LogP contribution in [0.25, 0.3) is 0 Å². The van der Waals surface area contributed by atoms with Crippen LogP contribution in [-0.4, -0.2) is 198 Å². The molecule has 24 nitrogen and oxygen atoms in total. The van der Waals surface area contributed by atoms with Gasteiger partial charge in [0.25, 0.3) is 11.8 Å². The summed E-state index contributed by atoms with van der Waals surface area (Å²) in [7, 11) is 6.12. The number of amides is 9. The molecule has 1 fully saturated rings. The van der Waals surface area contributed by atoms with Crippen molar-refractivity contribution in [1.29, 1.82) is 0 Å². The molecule has 4 rings (SSSR count). The van der Waals surface area contributed by atoms with Crippen molar-refractivity contribution in [3.05, 3.63) is 82.3 Å². The molecular formula is C71H111N9O15S. The molecule has 96 heavy (non-hydrogen) atoms. The number of ketones is 2. The van der Waals surface area contributed by atoms with Crippen molar-refractivity contribution in [2.24, 2.45) is 41.2 Å². The molecule has 2 aromatic rings. The molecule has 0 aliphatic carbocycles. The number of rotatable bonds is 42. The lowest BCUT2D eigenvalue weighted by molar-refractivity contribution is -0.148. The molecule has 0 saturated carbocycles. The third-order valence-corrected chi connectivity index (χ3v) is 19.6. The number of ether oxygens (including phenoxy) is 3. The van der Waals surface area contributed by atoms with Gasteiger partial charge in [0, 0.05) is 79.2 Å². The first-order valence-electron chi connectivity index (χ1n) is 34.0. The molecule has 2 aliphatic rings. The summed E-state index contributed by atoms with van der Waals surface area (Å²) in [5.74, 6) is -4.87. The molecule has 9 amide bonds. The first-order valence-corrected chi connectivity index (χ1v) is 35.2. The number of nitrogens with two attached hydrogens (primary N) is 1. The summed E-state index contributed by atoms with van der Waals surface area (Å²) in [4.78, 5) is 141. The highest BCUT2D eigenvalue weighted by Gasteiger charge is 2.44. The lowest BCUT2D eigenvalue weighted by atomic mass is 9.87. The fourth-order valence-corrected chi connectivity index (χ4v) is 13.4. The van der Waals surface area contributed by atoms with Crippen LogP contribution in [0.5, 0.6) is 0 Å². The molecule has 2 aromatic carbocycles. The number of primary amides is 1. The third kappa shape index (κ3) is 23.8. The summed E-state index contributed by atoms with van der Waals surface area (Å²) in [5, 5.41) is 34.0. The Morgan fingerprint density at radius 1 is 0.781 bits per heavy atom. The van der Waals surface area contributed by atoms with Crippen molar-refractivity contribution in [2.45, 2.75) is 214 Å². The van der Waals surface area contributed by atoms with Crippen LogP contribution >= 0.6 is 11.8 Å². The molecule has 2 unspecified atom stereocenters. The largest absolute Gasteiger partial charge is 0.445 e. The monoisotopic (exact) mass is 1360 g/mol. The minimum absolute atomic E-state index is 0.0425. The number of benzene rings is 2. The molecule has 0 aromatic heterocycles. The molecular weight excluding hydrogens is 1250 g/mol. The molecule has 2 heterocycles. The van der Waals surface area contributed by atoms with Gasteiger partial charge in [0.15, 0.2) is 5.78 Å². The molecule has 8 N–H and O–H groups in total. The van der Waals surface area contributed by atoms with Crippen LogP contribution in [0.4, 0.5) is 9.59 Å². The maximum absolute atomic E-state index is 14.8. The molecule has 1 saturated heterocycles. The lowest BCUT2D eigenvalue weighted by Crippen LogP contribution is -2.60. The number of carbonyl (C=O) groups excluding carboxylic acids is 10. The Kier molecular flexibility index (Phi) is 34.2. The second-order valence-electron chi connectivity index (χ2n) is 26.9. The predicted octanol–water partition coefficient (Wildman–Crippen LogP) is 6.82. The van der Waals surface area contributed by atoms with Crippen LogP contribution in [0.1, 0.15) is 163 Å². The number of nitrogens with zero attached hydrogens (tertiary/aromatic N) is 4. The van der Waals surface area contributed by atoms with Crippen molar-refractivity contribution in [2.75, 3.05) is 54.2 Å². The van der Waals surface area contributed by atoms with Crippen LogP contribution in [0.3, 0.4) is 0 Å². The number of likely N-dealkylation sites (tertiary alicyclic amines) is 1. The van der Waals surface area contributed by atoms with Gasteiger partial charge >= 0.3 is 12.1 Å². The Balaban J connectivity index is 1.37. The molecule has 25 heteroatoms. The van der Waals surface area contributed by atoms with E-state index in [1.165, 1.54) is 48.9 Å². The standard InChI is InChI=1S/C71H111N9O15S/c1-16-45(8)62(56(93-13)39-58(83)79-36-24-29-54(79)64(94-14)46(9)65(86)74-47(10)63(85)50-25-19-17-20-26-50)77(11)69(90)60(43(4)5)76-67(88)61(44(6)7)78(12)71(92)95-41-49-32-30-48(31-33-49)37-55(82)53(28-23-34-73-70(72)91)75-66(87)52(42(2)3)38-51(81)27-21-18-22-35-80-59(84)40-57(96-15)68(80)89/h17,19-20,25-26,30-33,40,42-47,52-54,56,60-64,66,75,85,87H,16,18,21-24,27-29,34-39,41H2,1-15H3,(H,74,86)(H,76,88)(H3,72,73,91)/t45-,46+,47+,52-,53-,54-,56+,60-,61-,62?,63+,64+,66?/m0/s1. The van der Waals surface area contributed by atoms with Gasteiger partial charge in [-0.1, -0.05) is 130 Å². The van der Waals surface area contributed by atoms with Crippen LogP contribution < -0.4 is 27.0 Å². The number of thioether (sulfide) groups is 1. The minimum atomic E-state index is -1.23. The van der Waals surface area contributed by atoms with Crippen molar-refractivity contribution in [1.82, 2.24) is 40.9 Å². The van der Waals surface area contributed by atoms with Crippen molar-refractivity contribution < 1.29 is 72.4 Å².